The van der Waals surface area contributed by atoms with E-state index in [0.717, 1.165) is 0 Å². The van der Waals surface area contributed by atoms with Crippen LogP contribution in [0.4, 0.5) is 10.1 Å². The second-order valence-electron chi connectivity index (χ2n) is 4.23. The lowest BCUT2D eigenvalue weighted by atomic mass is 10.3. The number of methoxy groups -OCH3 is 1. The van der Waals surface area contributed by atoms with E-state index >= 15 is 0 Å². The van der Waals surface area contributed by atoms with Crippen molar-refractivity contribution in [1.29, 1.82) is 0 Å². The van der Waals surface area contributed by atoms with E-state index in [1.54, 1.807) is 31.4 Å². The summed E-state index contributed by atoms with van der Waals surface area (Å²) in [5, 5.41) is 2.82. The van der Waals surface area contributed by atoms with Crippen LogP contribution >= 0.6 is 7.52 Å². The molecule has 0 aliphatic rings. The Hall–Kier alpha value is -2.00. The van der Waals surface area contributed by atoms with Crippen molar-refractivity contribution in [2.75, 3.05) is 18.9 Å². The van der Waals surface area contributed by atoms with E-state index in [2.05, 4.69) is 5.09 Å². The van der Waals surface area contributed by atoms with Gasteiger partial charge in [0, 0.05) is 12.4 Å². The van der Waals surface area contributed by atoms with Crippen molar-refractivity contribution in [2.45, 2.75) is 0 Å². The van der Waals surface area contributed by atoms with Crippen LogP contribution < -0.4 is 14.3 Å². The lowest BCUT2D eigenvalue weighted by Crippen LogP contribution is -2.02. The number of anilines is 1. The van der Waals surface area contributed by atoms with Gasteiger partial charge in [-0.15, -0.1) is 0 Å². The Labute approximate surface area is 117 Å². The van der Waals surface area contributed by atoms with Crippen LogP contribution in [0.3, 0.4) is 0 Å². The number of halogens is 1. The van der Waals surface area contributed by atoms with Crippen LogP contribution in [0.25, 0.3) is 0 Å². The van der Waals surface area contributed by atoms with Crippen molar-refractivity contribution in [3.63, 3.8) is 0 Å². The average molecular weight is 295 g/mol. The van der Waals surface area contributed by atoms with Gasteiger partial charge in [0.25, 0.3) is 0 Å². The molecule has 4 nitrogen and oxygen atoms in total. The Morgan fingerprint density at radius 1 is 1.00 bits per heavy atom. The van der Waals surface area contributed by atoms with Gasteiger partial charge in [-0.2, -0.15) is 0 Å². The number of rotatable bonds is 5. The van der Waals surface area contributed by atoms with Gasteiger partial charge in [0.05, 0.1) is 7.11 Å². The van der Waals surface area contributed by atoms with Gasteiger partial charge in [0.1, 0.15) is 17.3 Å². The van der Waals surface area contributed by atoms with Crippen LogP contribution in [0.5, 0.6) is 11.5 Å². The number of nitrogens with one attached hydrogen (secondary N) is 1. The molecule has 0 heterocycles. The van der Waals surface area contributed by atoms with Crippen LogP contribution in [-0.4, -0.2) is 13.8 Å². The summed E-state index contributed by atoms with van der Waals surface area (Å²) in [5.41, 5.74) is 0.652. The normalized spacial score (nSPS) is 13.3. The Balaban J connectivity index is 2.06. The number of hydrogen-bond acceptors (Lipinski definition) is 3. The summed E-state index contributed by atoms with van der Waals surface area (Å²) < 4.78 is 35.5. The van der Waals surface area contributed by atoms with Crippen molar-refractivity contribution in [3.8, 4) is 11.5 Å². The molecule has 0 aromatic heterocycles. The van der Waals surface area contributed by atoms with Crippen LogP contribution in [-0.2, 0) is 4.57 Å². The fourth-order valence-corrected chi connectivity index (χ4v) is 2.81. The molecule has 2 aromatic rings. The van der Waals surface area contributed by atoms with E-state index in [-0.39, 0.29) is 5.82 Å². The second kappa shape index (κ2) is 5.97. The molecule has 0 bridgehead atoms. The summed E-state index contributed by atoms with van der Waals surface area (Å²) in [6.07, 6.45) is 0. The lowest BCUT2D eigenvalue weighted by Gasteiger charge is -2.17. The Morgan fingerprint density at radius 2 is 1.55 bits per heavy atom. The monoisotopic (exact) mass is 295 g/mol. The number of ether oxygens (including phenoxy) is 1. The molecule has 0 unspecified atom stereocenters. The zero-order valence-corrected chi connectivity index (χ0v) is 12.1. The third kappa shape index (κ3) is 4.00. The summed E-state index contributed by atoms with van der Waals surface area (Å²) in [6, 6.07) is 12.3. The van der Waals surface area contributed by atoms with E-state index < -0.39 is 7.52 Å². The summed E-state index contributed by atoms with van der Waals surface area (Å²) in [7, 11) is -1.51. The highest BCUT2D eigenvalue weighted by atomic mass is 31.2. The minimum atomic E-state index is -3.09. The third-order valence-corrected chi connectivity index (χ3v) is 3.74. The predicted molar refractivity (Wildman–Crippen MR) is 77.2 cm³/mol. The number of benzene rings is 2. The molecule has 0 aliphatic carbocycles. The molecule has 6 heteroatoms. The van der Waals surface area contributed by atoms with E-state index in [1.807, 2.05) is 0 Å². The van der Waals surface area contributed by atoms with Gasteiger partial charge in [-0.05, 0) is 48.5 Å². The maximum absolute atomic E-state index is 12.8. The van der Waals surface area contributed by atoms with Gasteiger partial charge in [0.15, 0.2) is 0 Å². The molecule has 0 radical (unpaired) electrons. The van der Waals surface area contributed by atoms with Crippen molar-refractivity contribution in [2.24, 2.45) is 0 Å². The fourth-order valence-electron chi connectivity index (χ4n) is 1.62. The van der Waals surface area contributed by atoms with Crippen molar-refractivity contribution < 1.29 is 18.2 Å². The molecular formula is C14H15FNO3P. The van der Waals surface area contributed by atoms with Gasteiger partial charge in [0.2, 0.25) is 0 Å². The molecule has 1 N–H and O–H groups in total. The molecule has 2 aromatic carbocycles. The standard InChI is InChI=1S/C14H15FNO3P/c1-18-13-9-5-12(6-10-13)16-20(2,17)19-14-7-3-11(15)4-8-14/h3-10H,1-2H3,(H,16,17)/t20-/m1/s1. The summed E-state index contributed by atoms with van der Waals surface area (Å²) in [4.78, 5) is 0. The highest BCUT2D eigenvalue weighted by molar-refractivity contribution is 7.60. The van der Waals surface area contributed by atoms with Gasteiger partial charge in [-0.3, -0.25) is 4.57 Å². The second-order valence-corrected chi connectivity index (χ2v) is 6.33. The van der Waals surface area contributed by atoms with Gasteiger partial charge in [-0.25, -0.2) is 4.39 Å². The molecule has 0 amide bonds. The minimum Gasteiger partial charge on any atom is -0.497 e. The molecule has 0 fully saturated rings. The lowest BCUT2D eigenvalue weighted by molar-refractivity contribution is 0.415. The van der Waals surface area contributed by atoms with Crippen LogP contribution in [0.15, 0.2) is 48.5 Å². The topological polar surface area (TPSA) is 47.6 Å². The Kier molecular flexibility index (Phi) is 4.30. The third-order valence-electron chi connectivity index (χ3n) is 2.52. The van der Waals surface area contributed by atoms with Crippen molar-refractivity contribution in [3.05, 3.63) is 54.3 Å². The molecule has 1 atom stereocenters. The Morgan fingerprint density at radius 3 is 2.10 bits per heavy atom. The maximum atomic E-state index is 12.8. The average Bonchev–Trinajstić information content (AvgIpc) is 2.41. The molecule has 106 valence electrons. The van der Waals surface area contributed by atoms with Gasteiger partial charge in [-0.1, -0.05) is 0 Å². The quantitative estimate of drug-likeness (QED) is 0.842. The predicted octanol–water partition coefficient (Wildman–Crippen LogP) is 4.15. The number of hydrogen-bond donors (Lipinski definition) is 1. The van der Waals surface area contributed by atoms with Gasteiger partial charge < -0.3 is 14.3 Å². The zero-order valence-electron chi connectivity index (χ0n) is 11.2. The van der Waals surface area contributed by atoms with Crippen molar-refractivity contribution in [1.82, 2.24) is 0 Å². The van der Waals surface area contributed by atoms with Crippen molar-refractivity contribution >= 4 is 13.2 Å². The largest absolute Gasteiger partial charge is 0.497 e. The molecular weight excluding hydrogens is 280 g/mol. The maximum Gasteiger partial charge on any atom is 0.338 e. The summed E-state index contributed by atoms with van der Waals surface area (Å²) in [5.74, 6) is 0.686. The first-order valence-corrected chi connectivity index (χ1v) is 8.01. The molecule has 0 saturated heterocycles. The minimum absolute atomic E-state index is 0.346. The van der Waals surface area contributed by atoms with E-state index in [1.165, 1.54) is 30.9 Å². The Bertz CT molecular complexity index is 613. The first kappa shape index (κ1) is 14.4. The van der Waals surface area contributed by atoms with E-state index in [9.17, 15) is 8.96 Å². The van der Waals surface area contributed by atoms with E-state index in [0.29, 0.717) is 17.2 Å². The van der Waals surface area contributed by atoms with Crippen LogP contribution in [0.1, 0.15) is 0 Å². The first-order chi connectivity index (χ1) is 9.48. The first-order valence-electron chi connectivity index (χ1n) is 5.93. The molecule has 2 rings (SSSR count). The molecule has 0 aliphatic heterocycles. The highest BCUT2D eigenvalue weighted by Gasteiger charge is 2.17. The van der Waals surface area contributed by atoms with Crippen LogP contribution in [0.2, 0.25) is 0 Å². The molecule has 0 saturated carbocycles. The SMILES string of the molecule is COc1ccc(N[P@](C)(=O)Oc2ccc(F)cc2)cc1. The smallest absolute Gasteiger partial charge is 0.338 e. The summed E-state index contributed by atoms with van der Waals surface area (Å²) in [6.45, 7) is 1.46. The fraction of sp³-hybridized carbons (Fsp3) is 0.143. The molecule has 0 spiro atoms. The zero-order chi connectivity index (χ0) is 14.6. The van der Waals surface area contributed by atoms with Gasteiger partial charge >= 0.3 is 7.52 Å². The summed E-state index contributed by atoms with van der Waals surface area (Å²) >= 11 is 0. The highest BCUT2D eigenvalue weighted by Crippen LogP contribution is 2.43. The molecule has 20 heavy (non-hydrogen) atoms. The van der Waals surface area contributed by atoms with E-state index in [4.69, 9.17) is 9.26 Å². The van der Waals surface area contributed by atoms with Crippen LogP contribution in [0, 0.1) is 5.82 Å².